The van der Waals surface area contributed by atoms with Crippen LogP contribution in [0.3, 0.4) is 0 Å². The van der Waals surface area contributed by atoms with E-state index in [0.717, 1.165) is 0 Å². The number of aliphatic hydroxyl groups is 1. The number of carbonyl (C=O) groups excluding carboxylic acids is 2. The lowest BCUT2D eigenvalue weighted by Crippen LogP contribution is -2.63. The standard InChI is InChI=1S/C16H16F3NO5/c1-15(25,16(17,18)19)12(14(23)24)20-13(22)10-6-7-11(21)9-5-3-2-4-8(9)10/h2-5,10,12,25H,6-7H2,1H3,(H,20,22)(H,23,24). The van der Waals surface area contributed by atoms with Crippen LogP contribution in [-0.2, 0) is 9.59 Å². The largest absolute Gasteiger partial charge is 0.480 e. The molecule has 136 valence electrons. The first-order chi connectivity index (χ1) is 11.5. The van der Waals surface area contributed by atoms with Crippen LogP contribution < -0.4 is 5.32 Å². The SMILES string of the molecule is CC(O)(C(NC(=O)C1CCC(=O)c2ccccc21)C(=O)O)C(F)(F)F. The second kappa shape index (κ2) is 6.47. The maximum Gasteiger partial charge on any atom is 0.419 e. The molecule has 9 heteroatoms. The highest BCUT2D eigenvalue weighted by atomic mass is 19.4. The van der Waals surface area contributed by atoms with Crippen LogP contribution in [0.15, 0.2) is 24.3 Å². The zero-order chi connectivity index (χ0) is 19.0. The number of alkyl halides is 3. The molecule has 0 saturated carbocycles. The first-order valence-electron chi connectivity index (χ1n) is 7.41. The predicted octanol–water partition coefficient (Wildman–Crippen LogP) is 1.63. The number of carboxylic acids is 1. The van der Waals surface area contributed by atoms with E-state index in [1.165, 1.54) is 12.1 Å². The van der Waals surface area contributed by atoms with Crippen molar-refractivity contribution in [3.8, 4) is 0 Å². The molecule has 25 heavy (non-hydrogen) atoms. The van der Waals surface area contributed by atoms with Crippen molar-refractivity contribution < 1.29 is 37.8 Å². The van der Waals surface area contributed by atoms with Gasteiger partial charge in [-0.25, -0.2) is 4.79 Å². The number of halogens is 3. The molecule has 1 aliphatic carbocycles. The summed E-state index contributed by atoms with van der Waals surface area (Å²) in [5.74, 6) is -4.18. The summed E-state index contributed by atoms with van der Waals surface area (Å²) in [6.45, 7) is 0.282. The fraction of sp³-hybridized carbons (Fsp3) is 0.438. The van der Waals surface area contributed by atoms with Crippen molar-refractivity contribution in [2.75, 3.05) is 0 Å². The molecule has 1 amide bonds. The van der Waals surface area contributed by atoms with Gasteiger partial charge in [-0.05, 0) is 18.9 Å². The predicted molar refractivity (Wildman–Crippen MR) is 79.0 cm³/mol. The minimum absolute atomic E-state index is 0.0164. The summed E-state index contributed by atoms with van der Waals surface area (Å²) >= 11 is 0. The smallest absolute Gasteiger partial charge is 0.419 e. The van der Waals surface area contributed by atoms with Crippen LogP contribution in [0.1, 0.15) is 41.6 Å². The molecule has 1 aromatic carbocycles. The Morgan fingerprint density at radius 2 is 1.88 bits per heavy atom. The van der Waals surface area contributed by atoms with E-state index in [-0.39, 0.29) is 31.1 Å². The summed E-state index contributed by atoms with van der Waals surface area (Å²) in [6.07, 6.45) is -5.20. The van der Waals surface area contributed by atoms with Gasteiger partial charge in [-0.3, -0.25) is 9.59 Å². The Labute approximate surface area is 140 Å². The molecular weight excluding hydrogens is 343 g/mol. The van der Waals surface area contributed by atoms with Gasteiger partial charge in [-0.1, -0.05) is 24.3 Å². The van der Waals surface area contributed by atoms with Crippen molar-refractivity contribution in [1.29, 1.82) is 0 Å². The van der Waals surface area contributed by atoms with Crippen molar-refractivity contribution in [2.45, 2.75) is 43.5 Å². The van der Waals surface area contributed by atoms with Crippen LogP contribution in [0.25, 0.3) is 0 Å². The van der Waals surface area contributed by atoms with E-state index in [1.807, 2.05) is 0 Å². The maximum atomic E-state index is 12.9. The minimum atomic E-state index is -5.26. The molecule has 6 nitrogen and oxygen atoms in total. The molecule has 3 N–H and O–H groups in total. The van der Waals surface area contributed by atoms with E-state index >= 15 is 0 Å². The van der Waals surface area contributed by atoms with Crippen LogP contribution in [0.2, 0.25) is 0 Å². The number of aliphatic carboxylic acids is 1. The van der Waals surface area contributed by atoms with Crippen LogP contribution in [0, 0.1) is 0 Å². The number of carboxylic acid groups (broad SMARTS) is 1. The molecule has 0 saturated heterocycles. The van der Waals surface area contributed by atoms with E-state index in [2.05, 4.69) is 0 Å². The van der Waals surface area contributed by atoms with Gasteiger partial charge in [0.2, 0.25) is 5.91 Å². The average molecular weight is 359 g/mol. The molecule has 3 atom stereocenters. The molecule has 0 radical (unpaired) electrons. The Kier molecular flexibility index (Phi) is 4.90. The van der Waals surface area contributed by atoms with Gasteiger partial charge in [0.05, 0.1) is 5.92 Å². The second-order valence-electron chi connectivity index (χ2n) is 6.03. The molecule has 0 aromatic heterocycles. The Morgan fingerprint density at radius 1 is 1.28 bits per heavy atom. The topological polar surface area (TPSA) is 104 Å². The number of hydrogen-bond acceptors (Lipinski definition) is 4. The number of benzene rings is 1. The molecule has 3 unspecified atom stereocenters. The van der Waals surface area contributed by atoms with Crippen LogP contribution in [-0.4, -0.2) is 45.7 Å². The summed E-state index contributed by atoms with van der Waals surface area (Å²) < 4.78 is 38.8. The Hall–Kier alpha value is -2.42. The number of carbonyl (C=O) groups is 3. The van der Waals surface area contributed by atoms with Gasteiger partial charge >= 0.3 is 12.1 Å². The number of ketones is 1. The number of fused-ring (bicyclic) bond motifs is 1. The molecule has 0 fully saturated rings. The van der Waals surface area contributed by atoms with E-state index in [9.17, 15) is 32.7 Å². The molecule has 2 rings (SSSR count). The summed E-state index contributed by atoms with van der Waals surface area (Å²) in [5, 5.41) is 20.4. The molecular formula is C16H16F3NO5. The summed E-state index contributed by atoms with van der Waals surface area (Å²) in [6, 6.07) is 3.57. The lowest BCUT2D eigenvalue weighted by molar-refractivity contribution is -0.262. The summed E-state index contributed by atoms with van der Waals surface area (Å²) in [4.78, 5) is 35.4. The van der Waals surface area contributed by atoms with Gasteiger partial charge in [0.15, 0.2) is 17.4 Å². The quantitative estimate of drug-likeness (QED) is 0.758. The van der Waals surface area contributed by atoms with Gasteiger partial charge in [-0.2, -0.15) is 13.2 Å². The van der Waals surface area contributed by atoms with Crippen molar-refractivity contribution in [1.82, 2.24) is 5.32 Å². The summed E-state index contributed by atoms with van der Waals surface area (Å²) in [5.41, 5.74) is -3.05. The number of rotatable bonds is 4. The lowest BCUT2D eigenvalue weighted by atomic mass is 9.81. The zero-order valence-electron chi connectivity index (χ0n) is 13.1. The first-order valence-corrected chi connectivity index (χ1v) is 7.41. The van der Waals surface area contributed by atoms with E-state index in [1.54, 1.807) is 17.4 Å². The number of nitrogens with one attached hydrogen (secondary N) is 1. The van der Waals surface area contributed by atoms with Crippen LogP contribution in [0.5, 0.6) is 0 Å². The monoisotopic (exact) mass is 359 g/mol. The lowest BCUT2D eigenvalue weighted by Gasteiger charge is -2.33. The Balaban J connectivity index is 2.31. The molecule has 1 aliphatic rings. The van der Waals surface area contributed by atoms with Gasteiger partial charge in [0.25, 0.3) is 0 Å². The maximum absolute atomic E-state index is 12.9. The normalized spacial score (nSPS) is 21.0. The first kappa shape index (κ1) is 18.9. The molecule has 0 aliphatic heterocycles. The van der Waals surface area contributed by atoms with Crippen LogP contribution in [0.4, 0.5) is 13.2 Å². The average Bonchev–Trinajstić information content (AvgIpc) is 2.51. The third kappa shape index (κ3) is 3.51. The van der Waals surface area contributed by atoms with E-state index < -0.39 is 35.6 Å². The third-order valence-corrected chi connectivity index (χ3v) is 4.28. The van der Waals surface area contributed by atoms with Crippen molar-refractivity contribution in [3.05, 3.63) is 35.4 Å². The van der Waals surface area contributed by atoms with Crippen molar-refractivity contribution in [3.63, 3.8) is 0 Å². The van der Waals surface area contributed by atoms with Crippen LogP contribution >= 0.6 is 0 Å². The second-order valence-corrected chi connectivity index (χ2v) is 6.03. The highest BCUT2D eigenvalue weighted by Gasteiger charge is 2.58. The fourth-order valence-electron chi connectivity index (χ4n) is 2.74. The van der Waals surface area contributed by atoms with E-state index in [0.29, 0.717) is 5.56 Å². The highest BCUT2D eigenvalue weighted by Crippen LogP contribution is 2.35. The highest BCUT2D eigenvalue weighted by molar-refractivity contribution is 6.02. The van der Waals surface area contributed by atoms with Crippen molar-refractivity contribution >= 4 is 17.7 Å². The van der Waals surface area contributed by atoms with Gasteiger partial charge in [0, 0.05) is 12.0 Å². The minimum Gasteiger partial charge on any atom is -0.480 e. The Bertz CT molecular complexity index is 714. The van der Waals surface area contributed by atoms with Crippen molar-refractivity contribution in [2.24, 2.45) is 0 Å². The zero-order valence-corrected chi connectivity index (χ0v) is 13.1. The third-order valence-electron chi connectivity index (χ3n) is 4.28. The molecule has 0 spiro atoms. The fourth-order valence-corrected chi connectivity index (χ4v) is 2.74. The molecule has 1 aromatic rings. The molecule has 0 heterocycles. The van der Waals surface area contributed by atoms with Gasteiger partial charge < -0.3 is 15.5 Å². The van der Waals surface area contributed by atoms with Gasteiger partial charge in [-0.15, -0.1) is 0 Å². The number of Topliss-reactive ketones (excluding diaryl/α,β-unsaturated/α-hetero) is 1. The summed E-state index contributed by atoms with van der Waals surface area (Å²) in [7, 11) is 0. The van der Waals surface area contributed by atoms with E-state index in [4.69, 9.17) is 5.11 Å². The molecule has 0 bridgehead atoms. The number of hydrogen-bond donors (Lipinski definition) is 3. The Morgan fingerprint density at radius 3 is 2.44 bits per heavy atom. The van der Waals surface area contributed by atoms with Gasteiger partial charge in [0.1, 0.15) is 0 Å². The number of amides is 1.